The summed E-state index contributed by atoms with van der Waals surface area (Å²) in [6, 6.07) is 18.0. The van der Waals surface area contributed by atoms with Gasteiger partial charge in [-0.1, -0.05) is 42.1 Å². The average Bonchev–Trinajstić information content (AvgIpc) is 3.38. The largest absolute Gasteiger partial charge is 0.497 e. The van der Waals surface area contributed by atoms with E-state index in [9.17, 15) is 0 Å². The Morgan fingerprint density at radius 3 is 2.53 bits per heavy atom. The first-order valence-corrected chi connectivity index (χ1v) is 10.5. The number of benzene rings is 2. The molecule has 0 saturated heterocycles. The second kappa shape index (κ2) is 9.09. The lowest BCUT2D eigenvalue weighted by molar-refractivity contribution is 0.400. The Kier molecular flexibility index (Phi) is 6.09. The molecule has 154 valence electrons. The van der Waals surface area contributed by atoms with Crippen molar-refractivity contribution in [2.45, 2.75) is 24.4 Å². The molecule has 4 rings (SSSR count). The van der Waals surface area contributed by atoms with E-state index in [0.29, 0.717) is 12.3 Å². The number of methoxy groups -OCH3 is 2. The van der Waals surface area contributed by atoms with Crippen LogP contribution in [0.3, 0.4) is 0 Å². The predicted molar refractivity (Wildman–Crippen MR) is 117 cm³/mol. The van der Waals surface area contributed by atoms with Gasteiger partial charge in [-0.25, -0.2) is 0 Å². The van der Waals surface area contributed by atoms with Crippen LogP contribution in [0.25, 0.3) is 11.4 Å². The van der Waals surface area contributed by atoms with Crippen LogP contribution in [-0.4, -0.2) is 29.0 Å². The van der Waals surface area contributed by atoms with Gasteiger partial charge in [0.05, 0.1) is 32.6 Å². The molecule has 7 heteroatoms. The molecule has 0 aliphatic carbocycles. The highest BCUT2D eigenvalue weighted by molar-refractivity contribution is 7.98. The molecule has 0 spiro atoms. The minimum atomic E-state index is 0.672. The van der Waals surface area contributed by atoms with Crippen molar-refractivity contribution in [2.24, 2.45) is 0 Å². The van der Waals surface area contributed by atoms with Crippen molar-refractivity contribution in [1.82, 2.24) is 14.8 Å². The first kappa shape index (κ1) is 20.1. The van der Waals surface area contributed by atoms with E-state index in [-0.39, 0.29) is 0 Å². The molecular weight excluding hydrogens is 398 g/mol. The molecule has 0 unspecified atom stereocenters. The van der Waals surface area contributed by atoms with Crippen LogP contribution in [0.5, 0.6) is 11.5 Å². The zero-order valence-corrected chi connectivity index (χ0v) is 18.0. The van der Waals surface area contributed by atoms with E-state index in [4.69, 9.17) is 13.9 Å². The summed E-state index contributed by atoms with van der Waals surface area (Å²) in [6.45, 7) is 2.61. The van der Waals surface area contributed by atoms with E-state index in [1.165, 1.54) is 5.56 Å². The molecule has 2 heterocycles. The smallest absolute Gasteiger partial charge is 0.192 e. The molecule has 30 heavy (non-hydrogen) atoms. The second-order valence-electron chi connectivity index (χ2n) is 6.73. The molecule has 4 aromatic rings. The van der Waals surface area contributed by atoms with Crippen molar-refractivity contribution in [3.8, 4) is 22.9 Å². The Morgan fingerprint density at radius 2 is 1.83 bits per heavy atom. The van der Waals surface area contributed by atoms with Gasteiger partial charge in [0.15, 0.2) is 11.0 Å². The first-order chi connectivity index (χ1) is 14.7. The van der Waals surface area contributed by atoms with E-state index in [1.807, 2.05) is 49.4 Å². The summed E-state index contributed by atoms with van der Waals surface area (Å²) in [5.41, 5.74) is 3.17. The van der Waals surface area contributed by atoms with Crippen molar-refractivity contribution in [2.75, 3.05) is 14.2 Å². The fraction of sp³-hybridized carbons (Fsp3) is 0.217. The van der Waals surface area contributed by atoms with Gasteiger partial charge in [0, 0.05) is 11.3 Å². The van der Waals surface area contributed by atoms with Crippen molar-refractivity contribution in [1.29, 1.82) is 0 Å². The van der Waals surface area contributed by atoms with Crippen molar-refractivity contribution >= 4 is 11.8 Å². The van der Waals surface area contributed by atoms with Crippen LogP contribution in [0.4, 0.5) is 0 Å². The number of hydrogen-bond donors (Lipinski definition) is 0. The molecule has 2 aromatic heterocycles. The Bertz CT molecular complexity index is 1120. The molecule has 6 nitrogen and oxygen atoms in total. The zero-order valence-electron chi connectivity index (χ0n) is 17.2. The SMILES string of the molecule is COc1ccc(OC)c(CSc2nnc(-c3ccoc3C)n2Cc2ccccc2)c1. The van der Waals surface area contributed by atoms with Gasteiger partial charge in [-0.2, -0.15) is 0 Å². The van der Waals surface area contributed by atoms with Gasteiger partial charge in [0.2, 0.25) is 0 Å². The number of nitrogens with zero attached hydrogens (tertiary/aromatic N) is 3. The number of aryl methyl sites for hydroxylation is 1. The molecule has 0 aliphatic rings. The molecule has 0 amide bonds. The number of rotatable bonds is 8. The molecule has 2 aromatic carbocycles. The van der Waals surface area contributed by atoms with E-state index in [1.54, 1.807) is 32.2 Å². The maximum absolute atomic E-state index is 5.51. The minimum absolute atomic E-state index is 0.672. The summed E-state index contributed by atoms with van der Waals surface area (Å²) in [6.07, 6.45) is 1.68. The topological polar surface area (TPSA) is 62.3 Å². The molecule has 0 saturated carbocycles. The van der Waals surface area contributed by atoms with Crippen LogP contribution >= 0.6 is 11.8 Å². The van der Waals surface area contributed by atoms with E-state index in [0.717, 1.165) is 39.4 Å². The van der Waals surface area contributed by atoms with E-state index >= 15 is 0 Å². The van der Waals surface area contributed by atoms with Gasteiger partial charge >= 0.3 is 0 Å². The normalized spacial score (nSPS) is 10.9. The minimum Gasteiger partial charge on any atom is -0.497 e. The Balaban J connectivity index is 1.66. The van der Waals surface area contributed by atoms with Crippen LogP contribution in [0.1, 0.15) is 16.9 Å². The second-order valence-corrected chi connectivity index (χ2v) is 7.68. The van der Waals surface area contributed by atoms with Gasteiger partial charge in [0.25, 0.3) is 0 Å². The monoisotopic (exact) mass is 421 g/mol. The van der Waals surface area contributed by atoms with E-state index < -0.39 is 0 Å². The fourth-order valence-corrected chi connectivity index (χ4v) is 4.17. The summed E-state index contributed by atoms with van der Waals surface area (Å²) >= 11 is 1.62. The van der Waals surface area contributed by atoms with Crippen LogP contribution in [0.2, 0.25) is 0 Å². The molecule has 0 radical (unpaired) electrons. The number of thioether (sulfide) groups is 1. The Hall–Kier alpha value is -3.19. The highest BCUT2D eigenvalue weighted by Crippen LogP contribution is 2.33. The molecule has 0 bridgehead atoms. The fourth-order valence-electron chi connectivity index (χ4n) is 3.26. The van der Waals surface area contributed by atoms with Crippen molar-refractivity contribution < 1.29 is 13.9 Å². The average molecular weight is 422 g/mol. The molecular formula is C23H23N3O3S. The van der Waals surface area contributed by atoms with Crippen LogP contribution in [0, 0.1) is 6.92 Å². The lowest BCUT2D eigenvalue weighted by Gasteiger charge is -2.12. The predicted octanol–water partition coefficient (Wildman–Crippen LogP) is 5.20. The van der Waals surface area contributed by atoms with Gasteiger partial charge in [0.1, 0.15) is 17.3 Å². The van der Waals surface area contributed by atoms with Gasteiger partial charge in [-0.05, 0) is 36.8 Å². The van der Waals surface area contributed by atoms with Crippen molar-refractivity contribution in [3.05, 3.63) is 77.7 Å². The molecule has 0 aliphatic heterocycles. The summed E-state index contributed by atoms with van der Waals surface area (Å²) in [4.78, 5) is 0. The number of aromatic nitrogens is 3. The van der Waals surface area contributed by atoms with Gasteiger partial charge < -0.3 is 13.9 Å². The summed E-state index contributed by atoms with van der Waals surface area (Å²) < 4.78 is 18.5. The summed E-state index contributed by atoms with van der Waals surface area (Å²) in [5, 5.41) is 9.80. The maximum Gasteiger partial charge on any atom is 0.192 e. The van der Waals surface area contributed by atoms with Gasteiger partial charge in [-0.15, -0.1) is 10.2 Å². The summed E-state index contributed by atoms with van der Waals surface area (Å²) in [7, 11) is 3.34. The van der Waals surface area contributed by atoms with E-state index in [2.05, 4.69) is 26.9 Å². The highest BCUT2D eigenvalue weighted by atomic mass is 32.2. The third kappa shape index (κ3) is 4.21. The zero-order chi connectivity index (χ0) is 20.9. The molecule has 0 fully saturated rings. The quantitative estimate of drug-likeness (QED) is 0.364. The highest BCUT2D eigenvalue weighted by Gasteiger charge is 2.18. The van der Waals surface area contributed by atoms with Crippen LogP contribution < -0.4 is 9.47 Å². The van der Waals surface area contributed by atoms with Crippen molar-refractivity contribution in [3.63, 3.8) is 0 Å². The lowest BCUT2D eigenvalue weighted by Crippen LogP contribution is -2.04. The van der Waals surface area contributed by atoms with Crippen LogP contribution in [0.15, 0.2) is 70.4 Å². The maximum atomic E-state index is 5.51. The first-order valence-electron chi connectivity index (χ1n) is 9.55. The molecule has 0 atom stereocenters. The lowest BCUT2D eigenvalue weighted by atomic mass is 10.2. The third-order valence-electron chi connectivity index (χ3n) is 4.84. The standard InChI is InChI=1S/C23H23N3O3S/c1-16-20(11-12-29-16)22-24-25-23(26(22)14-17-7-5-4-6-8-17)30-15-18-13-19(27-2)9-10-21(18)28-3/h4-13H,14-15H2,1-3H3. The number of ether oxygens (including phenoxy) is 2. The van der Waals surface area contributed by atoms with Gasteiger partial charge in [-0.3, -0.25) is 4.57 Å². The summed E-state index contributed by atoms with van der Waals surface area (Å²) in [5.74, 6) is 3.92. The van der Waals surface area contributed by atoms with Crippen LogP contribution in [-0.2, 0) is 12.3 Å². The number of hydrogen-bond acceptors (Lipinski definition) is 6. The molecule has 0 N–H and O–H groups in total. The number of furan rings is 1. The Labute approximate surface area is 179 Å². The Morgan fingerprint density at radius 1 is 1.00 bits per heavy atom. The third-order valence-corrected chi connectivity index (χ3v) is 5.86.